The molecule has 0 aromatic carbocycles. The zero-order valence-corrected chi connectivity index (χ0v) is 18.3. The van der Waals surface area contributed by atoms with Crippen molar-refractivity contribution in [2.45, 2.75) is 32.1 Å². The molecule has 0 bridgehead atoms. The van der Waals surface area contributed by atoms with Gasteiger partial charge in [0.25, 0.3) is 0 Å². The van der Waals surface area contributed by atoms with Crippen molar-refractivity contribution in [1.82, 2.24) is 20.6 Å². The fourth-order valence-corrected chi connectivity index (χ4v) is 2.96. The Bertz CT molecular complexity index is 795. The summed E-state index contributed by atoms with van der Waals surface area (Å²) in [6.45, 7) is 1.33. The summed E-state index contributed by atoms with van der Waals surface area (Å²) in [6.07, 6.45) is -0.307. The van der Waals surface area contributed by atoms with Gasteiger partial charge in [-0.05, 0) is 30.4 Å². The first-order valence-corrected chi connectivity index (χ1v) is 9.36. The molecular formula is C17H21F3IN5OS. The molecule has 0 unspecified atom stereocenters. The number of alkyl halides is 3. The van der Waals surface area contributed by atoms with E-state index < -0.39 is 11.9 Å². The SMILES string of the molecule is CN=C(NCc1ccnc(OCC2CC2)c1)NCc1nc(C(F)(F)F)cs1.I. The van der Waals surface area contributed by atoms with E-state index in [9.17, 15) is 13.2 Å². The van der Waals surface area contributed by atoms with Crippen molar-refractivity contribution < 1.29 is 17.9 Å². The Labute approximate surface area is 182 Å². The molecule has 11 heteroatoms. The van der Waals surface area contributed by atoms with Crippen LogP contribution in [0.5, 0.6) is 5.88 Å². The second-order valence-corrected chi connectivity index (χ2v) is 7.10. The standard InChI is InChI=1S/C17H20F3N5OS.HI/c1-21-16(24-8-15-25-13(10-27-15)17(18,19)20)23-7-12-4-5-22-14(6-12)26-9-11-2-3-11;/h4-6,10-11H,2-3,7-9H2,1H3,(H2,21,23,24);1H. The Morgan fingerprint density at radius 2 is 2.07 bits per heavy atom. The lowest BCUT2D eigenvalue weighted by Gasteiger charge is -2.11. The maximum absolute atomic E-state index is 12.6. The molecule has 0 aliphatic heterocycles. The van der Waals surface area contributed by atoms with E-state index >= 15 is 0 Å². The molecule has 2 heterocycles. The molecule has 0 amide bonds. The van der Waals surface area contributed by atoms with Gasteiger partial charge in [0, 0.05) is 31.2 Å². The van der Waals surface area contributed by atoms with Gasteiger partial charge in [-0.2, -0.15) is 13.2 Å². The Balaban J connectivity index is 0.00000280. The summed E-state index contributed by atoms with van der Waals surface area (Å²) < 4.78 is 43.4. The Morgan fingerprint density at radius 1 is 1.32 bits per heavy atom. The number of guanidine groups is 1. The minimum Gasteiger partial charge on any atom is -0.477 e. The number of rotatable bonds is 7. The third-order valence-corrected chi connectivity index (χ3v) is 4.74. The molecule has 0 atom stereocenters. The summed E-state index contributed by atoms with van der Waals surface area (Å²) in [5.41, 5.74) is 0.0927. The topological polar surface area (TPSA) is 71.4 Å². The summed E-state index contributed by atoms with van der Waals surface area (Å²) in [5, 5.41) is 7.41. The van der Waals surface area contributed by atoms with E-state index in [-0.39, 0.29) is 30.5 Å². The van der Waals surface area contributed by atoms with Crippen molar-refractivity contribution in [3.05, 3.63) is 40.0 Å². The highest BCUT2D eigenvalue weighted by Gasteiger charge is 2.33. The Morgan fingerprint density at radius 3 is 2.71 bits per heavy atom. The molecule has 0 spiro atoms. The number of ether oxygens (including phenoxy) is 1. The molecule has 0 radical (unpaired) electrons. The van der Waals surface area contributed by atoms with Crippen LogP contribution in [0.1, 0.15) is 29.1 Å². The van der Waals surface area contributed by atoms with Crippen LogP contribution >= 0.6 is 35.3 Å². The molecule has 1 aliphatic rings. The Kier molecular flexibility index (Phi) is 8.28. The highest BCUT2D eigenvalue weighted by atomic mass is 127. The summed E-state index contributed by atoms with van der Waals surface area (Å²) in [6, 6.07) is 3.72. The minimum absolute atomic E-state index is 0. The molecule has 0 saturated heterocycles. The number of hydrogen-bond donors (Lipinski definition) is 2. The van der Waals surface area contributed by atoms with Crippen molar-refractivity contribution >= 4 is 41.3 Å². The largest absolute Gasteiger partial charge is 0.477 e. The monoisotopic (exact) mass is 527 g/mol. The first-order chi connectivity index (χ1) is 12.9. The van der Waals surface area contributed by atoms with Gasteiger partial charge in [-0.15, -0.1) is 35.3 Å². The number of pyridine rings is 1. The second-order valence-electron chi connectivity index (χ2n) is 6.16. The molecule has 1 fully saturated rings. The Hall–Kier alpha value is -1.63. The van der Waals surface area contributed by atoms with Gasteiger partial charge in [0.2, 0.25) is 5.88 Å². The van der Waals surface area contributed by atoms with Crippen LogP contribution in [0.15, 0.2) is 28.7 Å². The predicted octanol–water partition coefficient (Wildman–Crippen LogP) is 3.83. The summed E-state index contributed by atoms with van der Waals surface area (Å²) in [4.78, 5) is 11.8. The number of aliphatic imine (C=N–C) groups is 1. The van der Waals surface area contributed by atoms with Crippen LogP contribution in [0.2, 0.25) is 0 Å². The molecule has 3 rings (SSSR count). The van der Waals surface area contributed by atoms with Gasteiger partial charge in [0.15, 0.2) is 11.7 Å². The lowest BCUT2D eigenvalue weighted by Crippen LogP contribution is -2.36. The average molecular weight is 527 g/mol. The highest BCUT2D eigenvalue weighted by molar-refractivity contribution is 14.0. The summed E-state index contributed by atoms with van der Waals surface area (Å²) >= 11 is 0.957. The highest BCUT2D eigenvalue weighted by Crippen LogP contribution is 2.30. The number of nitrogens with zero attached hydrogens (tertiary/aromatic N) is 3. The summed E-state index contributed by atoms with van der Waals surface area (Å²) in [7, 11) is 1.59. The van der Waals surface area contributed by atoms with Gasteiger partial charge in [0.05, 0.1) is 13.2 Å². The van der Waals surface area contributed by atoms with E-state index in [0.717, 1.165) is 22.3 Å². The molecule has 154 valence electrons. The van der Waals surface area contributed by atoms with Crippen LogP contribution in [-0.4, -0.2) is 29.6 Å². The maximum atomic E-state index is 12.6. The van der Waals surface area contributed by atoms with Gasteiger partial charge < -0.3 is 15.4 Å². The van der Waals surface area contributed by atoms with Crippen molar-refractivity contribution in [3.63, 3.8) is 0 Å². The van der Waals surface area contributed by atoms with Crippen molar-refractivity contribution in [2.75, 3.05) is 13.7 Å². The second kappa shape index (κ2) is 10.2. The van der Waals surface area contributed by atoms with E-state index in [0.29, 0.717) is 35.9 Å². The predicted molar refractivity (Wildman–Crippen MR) is 112 cm³/mol. The first kappa shape index (κ1) is 22.7. The number of nitrogens with one attached hydrogen (secondary N) is 2. The minimum atomic E-state index is -4.42. The average Bonchev–Trinajstić information content (AvgIpc) is 3.34. The molecule has 6 nitrogen and oxygen atoms in total. The van der Waals surface area contributed by atoms with Crippen molar-refractivity contribution in [3.8, 4) is 5.88 Å². The van der Waals surface area contributed by atoms with E-state index in [1.165, 1.54) is 12.8 Å². The van der Waals surface area contributed by atoms with Gasteiger partial charge in [-0.1, -0.05) is 0 Å². The quantitative estimate of drug-likeness (QED) is 0.326. The third kappa shape index (κ3) is 7.08. The molecule has 1 aliphatic carbocycles. The van der Waals surface area contributed by atoms with Crippen LogP contribution in [0, 0.1) is 5.92 Å². The van der Waals surface area contributed by atoms with E-state index in [2.05, 4.69) is 25.6 Å². The van der Waals surface area contributed by atoms with Crippen molar-refractivity contribution in [2.24, 2.45) is 10.9 Å². The molecular weight excluding hydrogens is 506 g/mol. The van der Waals surface area contributed by atoms with Gasteiger partial charge in [-0.25, -0.2) is 9.97 Å². The zero-order chi connectivity index (χ0) is 19.3. The number of hydrogen-bond acceptors (Lipinski definition) is 5. The lowest BCUT2D eigenvalue weighted by atomic mass is 10.2. The first-order valence-electron chi connectivity index (χ1n) is 8.48. The fourth-order valence-electron chi connectivity index (χ4n) is 2.22. The lowest BCUT2D eigenvalue weighted by molar-refractivity contribution is -0.140. The van der Waals surface area contributed by atoms with E-state index in [1.54, 1.807) is 13.2 Å². The van der Waals surface area contributed by atoms with Crippen LogP contribution < -0.4 is 15.4 Å². The number of thiazole rings is 1. The zero-order valence-electron chi connectivity index (χ0n) is 15.1. The van der Waals surface area contributed by atoms with Gasteiger partial charge >= 0.3 is 6.18 Å². The molecule has 28 heavy (non-hydrogen) atoms. The van der Waals surface area contributed by atoms with Crippen LogP contribution in [0.25, 0.3) is 0 Å². The van der Waals surface area contributed by atoms with Crippen LogP contribution in [0.3, 0.4) is 0 Å². The normalized spacial score (nSPS) is 14.4. The molecule has 2 aromatic heterocycles. The smallest absolute Gasteiger partial charge is 0.434 e. The molecule has 1 saturated carbocycles. The van der Waals surface area contributed by atoms with E-state index in [1.807, 2.05) is 12.1 Å². The van der Waals surface area contributed by atoms with Crippen molar-refractivity contribution in [1.29, 1.82) is 0 Å². The van der Waals surface area contributed by atoms with Gasteiger partial charge in [-0.3, -0.25) is 4.99 Å². The van der Waals surface area contributed by atoms with E-state index in [4.69, 9.17) is 4.74 Å². The third-order valence-electron chi connectivity index (χ3n) is 3.90. The molecule has 2 aromatic rings. The number of halogens is 4. The fraction of sp³-hybridized carbons (Fsp3) is 0.471. The maximum Gasteiger partial charge on any atom is 0.434 e. The summed E-state index contributed by atoms with van der Waals surface area (Å²) in [5.74, 6) is 1.71. The molecule has 2 N–H and O–H groups in total. The number of aromatic nitrogens is 2. The van der Waals surface area contributed by atoms with Crippen LogP contribution in [0.4, 0.5) is 13.2 Å². The van der Waals surface area contributed by atoms with Gasteiger partial charge in [0.1, 0.15) is 5.01 Å². The van der Waals surface area contributed by atoms with Crippen LogP contribution in [-0.2, 0) is 19.3 Å².